The summed E-state index contributed by atoms with van der Waals surface area (Å²) < 4.78 is 6.88. The molecule has 0 radical (unpaired) electrons. The molecule has 0 fully saturated rings. The number of nitrogens with zero attached hydrogens (tertiary/aromatic N) is 5. The smallest absolute Gasteiger partial charge is 0.233 e. The number of tetrazole rings is 1. The highest BCUT2D eigenvalue weighted by molar-refractivity contribution is 7.99. The van der Waals surface area contributed by atoms with Gasteiger partial charge in [-0.15, -0.1) is 5.10 Å². The maximum absolute atomic E-state index is 12.6. The SMILES string of the molecule is CCN(Cc1ccccc1)C(=O)CSc1nnnn1Cc1ccc(OC)cc1. The Morgan fingerprint density at radius 3 is 2.54 bits per heavy atom. The second-order valence-corrected chi connectivity index (χ2v) is 7.09. The van der Waals surface area contributed by atoms with Crippen molar-refractivity contribution in [3.05, 3.63) is 65.7 Å². The van der Waals surface area contributed by atoms with Crippen molar-refractivity contribution in [3.63, 3.8) is 0 Å². The van der Waals surface area contributed by atoms with Crippen molar-refractivity contribution in [2.24, 2.45) is 0 Å². The number of hydrogen-bond acceptors (Lipinski definition) is 6. The molecular formula is C20H23N5O2S. The Morgan fingerprint density at radius 2 is 1.86 bits per heavy atom. The molecule has 3 aromatic rings. The Hall–Kier alpha value is -2.87. The molecule has 0 aliphatic carbocycles. The molecule has 0 saturated heterocycles. The Bertz CT molecular complexity index is 883. The number of methoxy groups -OCH3 is 1. The van der Waals surface area contributed by atoms with Crippen LogP contribution in [-0.2, 0) is 17.9 Å². The first-order valence-electron chi connectivity index (χ1n) is 9.03. The summed E-state index contributed by atoms with van der Waals surface area (Å²) in [5.74, 6) is 1.16. The molecule has 146 valence electrons. The van der Waals surface area contributed by atoms with Gasteiger partial charge in [0.05, 0.1) is 19.4 Å². The number of carbonyl (C=O) groups excluding carboxylic acids is 1. The van der Waals surface area contributed by atoms with Crippen molar-refractivity contribution in [2.45, 2.75) is 25.2 Å². The molecule has 0 aliphatic rings. The van der Waals surface area contributed by atoms with E-state index in [1.165, 1.54) is 11.8 Å². The maximum atomic E-state index is 12.6. The molecule has 1 aromatic heterocycles. The molecule has 1 amide bonds. The zero-order valence-electron chi connectivity index (χ0n) is 16.0. The van der Waals surface area contributed by atoms with Crippen LogP contribution in [0.5, 0.6) is 5.75 Å². The number of benzene rings is 2. The van der Waals surface area contributed by atoms with Crippen LogP contribution in [0.3, 0.4) is 0 Å². The Kier molecular flexibility index (Phi) is 7.02. The first-order valence-corrected chi connectivity index (χ1v) is 10.0. The molecule has 0 aliphatic heterocycles. The average Bonchev–Trinajstić information content (AvgIpc) is 3.18. The van der Waals surface area contributed by atoms with Crippen molar-refractivity contribution in [2.75, 3.05) is 19.4 Å². The van der Waals surface area contributed by atoms with Crippen LogP contribution < -0.4 is 4.74 Å². The molecule has 0 bridgehead atoms. The van der Waals surface area contributed by atoms with Gasteiger partial charge in [0.25, 0.3) is 0 Å². The first kappa shape index (κ1) is 19.9. The Balaban J connectivity index is 1.58. The molecule has 7 nitrogen and oxygen atoms in total. The molecule has 8 heteroatoms. The third-order valence-corrected chi connectivity index (χ3v) is 5.21. The van der Waals surface area contributed by atoms with Gasteiger partial charge in [-0.3, -0.25) is 4.79 Å². The van der Waals surface area contributed by atoms with Crippen LogP contribution in [0.15, 0.2) is 59.8 Å². The van der Waals surface area contributed by atoms with Gasteiger partial charge in [0.2, 0.25) is 11.1 Å². The normalized spacial score (nSPS) is 10.6. The van der Waals surface area contributed by atoms with Crippen LogP contribution in [0.2, 0.25) is 0 Å². The fourth-order valence-electron chi connectivity index (χ4n) is 2.70. The molecule has 3 rings (SSSR count). The number of ether oxygens (including phenoxy) is 1. The van der Waals surface area contributed by atoms with Crippen LogP contribution in [0.4, 0.5) is 0 Å². The van der Waals surface area contributed by atoms with E-state index < -0.39 is 0 Å². The number of thioether (sulfide) groups is 1. The first-order chi connectivity index (χ1) is 13.7. The van der Waals surface area contributed by atoms with Gasteiger partial charge in [0, 0.05) is 13.1 Å². The van der Waals surface area contributed by atoms with E-state index in [0.717, 1.165) is 16.9 Å². The minimum atomic E-state index is 0.0651. The largest absolute Gasteiger partial charge is 0.497 e. The van der Waals surface area contributed by atoms with E-state index in [2.05, 4.69) is 15.5 Å². The lowest BCUT2D eigenvalue weighted by molar-refractivity contribution is -0.128. The summed E-state index contributed by atoms with van der Waals surface area (Å²) >= 11 is 1.35. The maximum Gasteiger partial charge on any atom is 0.233 e. The van der Waals surface area contributed by atoms with Crippen LogP contribution in [0.1, 0.15) is 18.1 Å². The van der Waals surface area contributed by atoms with Crippen molar-refractivity contribution in [1.29, 1.82) is 0 Å². The minimum absolute atomic E-state index is 0.0651. The van der Waals surface area contributed by atoms with E-state index >= 15 is 0 Å². The number of hydrogen-bond donors (Lipinski definition) is 0. The summed E-state index contributed by atoms with van der Waals surface area (Å²) in [6, 6.07) is 17.7. The number of amides is 1. The highest BCUT2D eigenvalue weighted by Crippen LogP contribution is 2.18. The zero-order chi connectivity index (χ0) is 19.8. The molecule has 2 aromatic carbocycles. The van der Waals surface area contributed by atoms with Crippen LogP contribution >= 0.6 is 11.8 Å². The number of rotatable bonds is 9. The highest BCUT2D eigenvalue weighted by Gasteiger charge is 2.15. The quantitative estimate of drug-likeness (QED) is 0.517. The molecule has 28 heavy (non-hydrogen) atoms. The Labute approximate surface area is 168 Å². The summed E-state index contributed by atoms with van der Waals surface area (Å²) in [4.78, 5) is 14.5. The Morgan fingerprint density at radius 1 is 1.11 bits per heavy atom. The van der Waals surface area contributed by atoms with Crippen LogP contribution in [0.25, 0.3) is 0 Å². The third-order valence-electron chi connectivity index (χ3n) is 4.27. The van der Waals surface area contributed by atoms with E-state index in [1.54, 1.807) is 11.8 Å². The summed E-state index contributed by atoms with van der Waals surface area (Å²) in [7, 11) is 1.64. The fraction of sp³-hybridized carbons (Fsp3) is 0.300. The lowest BCUT2D eigenvalue weighted by atomic mass is 10.2. The van der Waals surface area contributed by atoms with E-state index in [9.17, 15) is 4.79 Å². The van der Waals surface area contributed by atoms with Crippen LogP contribution in [-0.4, -0.2) is 50.4 Å². The molecule has 0 unspecified atom stereocenters. The summed E-state index contributed by atoms with van der Waals surface area (Å²) in [6.45, 7) is 3.78. The fourth-order valence-corrected chi connectivity index (χ4v) is 3.48. The molecule has 0 atom stereocenters. The van der Waals surface area contributed by atoms with Crippen LogP contribution in [0, 0.1) is 0 Å². The van der Waals surface area contributed by atoms with Gasteiger partial charge in [-0.25, -0.2) is 4.68 Å². The summed E-state index contributed by atoms with van der Waals surface area (Å²) in [5, 5.41) is 12.5. The van der Waals surface area contributed by atoms with E-state index in [-0.39, 0.29) is 5.91 Å². The predicted octanol–water partition coefficient (Wildman–Crippen LogP) is 2.87. The van der Waals surface area contributed by atoms with Crippen molar-refractivity contribution in [3.8, 4) is 5.75 Å². The highest BCUT2D eigenvalue weighted by atomic mass is 32.2. The average molecular weight is 398 g/mol. The van der Waals surface area contributed by atoms with Gasteiger partial charge < -0.3 is 9.64 Å². The topological polar surface area (TPSA) is 73.1 Å². The van der Waals surface area contributed by atoms with Crippen molar-refractivity contribution < 1.29 is 9.53 Å². The number of carbonyl (C=O) groups is 1. The second-order valence-electron chi connectivity index (χ2n) is 6.15. The number of aromatic nitrogens is 4. The monoisotopic (exact) mass is 397 g/mol. The summed E-state index contributed by atoms with van der Waals surface area (Å²) in [6.07, 6.45) is 0. The van der Waals surface area contributed by atoms with Gasteiger partial charge >= 0.3 is 0 Å². The molecule has 0 spiro atoms. The predicted molar refractivity (Wildman–Crippen MR) is 108 cm³/mol. The molecule has 1 heterocycles. The van der Waals surface area contributed by atoms with Gasteiger partial charge in [-0.1, -0.05) is 54.2 Å². The molecular weight excluding hydrogens is 374 g/mol. The molecule has 0 N–H and O–H groups in total. The van der Waals surface area contributed by atoms with Gasteiger partial charge in [-0.05, 0) is 40.6 Å². The van der Waals surface area contributed by atoms with Crippen molar-refractivity contribution >= 4 is 17.7 Å². The second kappa shape index (κ2) is 9.89. The lowest BCUT2D eigenvalue weighted by Gasteiger charge is -2.20. The summed E-state index contributed by atoms with van der Waals surface area (Å²) in [5.41, 5.74) is 2.17. The lowest BCUT2D eigenvalue weighted by Crippen LogP contribution is -2.31. The standard InChI is InChI=1S/C20H23N5O2S/c1-3-24(13-16-7-5-4-6-8-16)19(26)15-28-20-21-22-23-25(20)14-17-9-11-18(27-2)12-10-17/h4-12H,3,13-15H2,1-2H3. The van der Waals surface area contributed by atoms with Crippen molar-refractivity contribution in [1.82, 2.24) is 25.1 Å². The van der Waals surface area contributed by atoms with E-state index in [1.807, 2.05) is 66.4 Å². The van der Waals surface area contributed by atoms with E-state index in [0.29, 0.717) is 30.5 Å². The molecule has 0 saturated carbocycles. The minimum Gasteiger partial charge on any atom is -0.497 e. The van der Waals surface area contributed by atoms with Gasteiger partial charge in [-0.2, -0.15) is 0 Å². The zero-order valence-corrected chi connectivity index (χ0v) is 16.8. The third kappa shape index (κ3) is 5.32. The van der Waals surface area contributed by atoms with Gasteiger partial charge in [0.15, 0.2) is 0 Å². The van der Waals surface area contributed by atoms with E-state index in [4.69, 9.17) is 4.74 Å². The van der Waals surface area contributed by atoms with Gasteiger partial charge in [0.1, 0.15) is 5.75 Å².